The summed E-state index contributed by atoms with van der Waals surface area (Å²) in [6, 6.07) is 13.2. The minimum absolute atomic E-state index is 0.128. The lowest BCUT2D eigenvalue weighted by Crippen LogP contribution is -2.20. The Morgan fingerprint density at radius 2 is 1.75 bits per heavy atom. The summed E-state index contributed by atoms with van der Waals surface area (Å²) < 4.78 is 10.1. The quantitative estimate of drug-likeness (QED) is 0.552. The maximum atomic E-state index is 12.4. The third-order valence-electron chi connectivity index (χ3n) is 3.59. The summed E-state index contributed by atoms with van der Waals surface area (Å²) in [6.45, 7) is 0. The third kappa shape index (κ3) is 2.28. The van der Waals surface area contributed by atoms with E-state index in [1.807, 2.05) is 0 Å². The number of carbonyl (C=O) groups excluding carboxylic acids is 1. The Morgan fingerprint density at radius 1 is 0.958 bits per heavy atom. The van der Waals surface area contributed by atoms with Crippen LogP contribution in [0.4, 0.5) is 5.69 Å². The monoisotopic (exact) mass is 322 g/mol. The van der Waals surface area contributed by atoms with Crippen LogP contribution in [0.5, 0.6) is 0 Å². The second kappa shape index (κ2) is 5.24. The molecule has 0 unspecified atom stereocenters. The fourth-order valence-electron chi connectivity index (χ4n) is 2.49. The van der Waals surface area contributed by atoms with Gasteiger partial charge in [0.05, 0.1) is 5.69 Å². The van der Waals surface area contributed by atoms with Crippen molar-refractivity contribution in [2.24, 2.45) is 0 Å². The topological polar surface area (TPSA) is 105 Å². The number of aromatic amines is 1. The molecule has 0 aliphatic heterocycles. The first-order valence-corrected chi connectivity index (χ1v) is 7.08. The highest BCUT2D eigenvalue weighted by atomic mass is 16.4. The van der Waals surface area contributed by atoms with Gasteiger partial charge in [-0.05, 0) is 24.3 Å². The lowest BCUT2D eigenvalue weighted by molar-refractivity contribution is 0.102. The Morgan fingerprint density at radius 3 is 2.62 bits per heavy atom. The molecule has 4 rings (SSSR count). The Balaban J connectivity index is 1.77. The lowest BCUT2D eigenvalue weighted by Gasteiger charge is -2.05. The van der Waals surface area contributed by atoms with Crippen LogP contribution in [0.3, 0.4) is 0 Å². The average Bonchev–Trinajstić information content (AvgIpc) is 2.95. The zero-order valence-corrected chi connectivity index (χ0v) is 12.2. The first-order chi connectivity index (χ1) is 11.6. The van der Waals surface area contributed by atoms with E-state index in [0.29, 0.717) is 27.8 Å². The van der Waals surface area contributed by atoms with Crippen molar-refractivity contribution in [2.45, 2.75) is 0 Å². The fraction of sp³-hybridized carbons (Fsp3) is 0. The number of hydrogen-bond acceptors (Lipinski definition) is 5. The van der Waals surface area contributed by atoms with Gasteiger partial charge in [-0.15, -0.1) is 0 Å². The SMILES string of the molecule is O=C(Nc1cccc2oc(=O)[nH]c12)c1cc2ccccc2oc1=O. The zero-order valence-electron chi connectivity index (χ0n) is 12.2. The van der Waals surface area contributed by atoms with Gasteiger partial charge < -0.3 is 14.2 Å². The smallest absolute Gasteiger partial charge is 0.417 e. The second-order valence-corrected chi connectivity index (χ2v) is 5.13. The number of amides is 1. The third-order valence-corrected chi connectivity index (χ3v) is 3.59. The Hall–Kier alpha value is -3.61. The molecule has 2 heterocycles. The molecule has 2 aromatic carbocycles. The summed E-state index contributed by atoms with van der Waals surface area (Å²) in [6.07, 6.45) is 0. The molecule has 0 atom stereocenters. The molecule has 0 aliphatic carbocycles. The molecular weight excluding hydrogens is 312 g/mol. The summed E-state index contributed by atoms with van der Waals surface area (Å²) in [5.41, 5.74) is 0.524. The summed E-state index contributed by atoms with van der Waals surface area (Å²) in [7, 11) is 0. The predicted molar refractivity (Wildman–Crippen MR) is 87.3 cm³/mol. The summed E-state index contributed by atoms with van der Waals surface area (Å²) >= 11 is 0. The number of aromatic nitrogens is 1. The van der Waals surface area contributed by atoms with Crippen molar-refractivity contribution in [3.8, 4) is 0 Å². The first-order valence-electron chi connectivity index (χ1n) is 7.08. The summed E-state index contributed by atoms with van der Waals surface area (Å²) in [4.78, 5) is 38.3. The molecule has 118 valence electrons. The van der Waals surface area contributed by atoms with Crippen molar-refractivity contribution in [1.29, 1.82) is 0 Å². The maximum Gasteiger partial charge on any atom is 0.417 e. The minimum atomic E-state index is -0.737. The Bertz CT molecular complexity index is 1200. The lowest BCUT2D eigenvalue weighted by atomic mass is 10.1. The maximum absolute atomic E-state index is 12.4. The van der Waals surface area contributed by atoms with Crippen LogP contribution in [-0.2, 0) is 0 Å². The van der Waals surface area contributed by atoms with Gasteiger partial charge in [0.1, 0.15) is 16.7 Å². The van der Waals surface area contributed by atoms with E-state index in [-0.39, 0.29) is 5.56 Å². The van der Waals surface area contributed by atoms with Crippen molar-refractivity contribution in [3.05, 3.63) is 75.1 Å². The summed E-state index contributed by atoms with van der Waals surface area (Å²) in [5, 5.41) is 3.23. The Labute approximate surface area is 133 Å². The molecule has 0 radical (unpaired) electrons. The molecule has 7 nitrogen and oxygen atoms in total. The number of anilines is 1. The number of rotatable bonds is 2. The van der Waals surface area contributed by atoms with Gasteiger partial charge in [0, 0.05) is 5.39 Å². The summed E-state index contributed by atoms with van der Waals surface area (Å²) in [5.74, 6) is -1.26. The van der Waals surface area contributed by atoms with E-state index in [0.717, 1.165) is 0 Å². The van der Waals surface area contributed by atoms with E-state index in [1.54, 1.807) is 42.5 Å². The van der Waals surface area contributed by atoms with Crippen LogP contribution in [0.25, 0.3) is 22.1 Å². The molecule has 0 spiro atoms. The highest BCUT2D eigenvalue weighted by molar-refractivity contribution is 6.08. The highest BCUT2D eigenvalue weighted by Crippen LogP contribution is 2.21. The molecule has 2 N–H and O–H groups in total. The van der Waals surface area contributed by atoms with Gasteiger partial charge >= 0.3 is 11.4 Å². The van der Waals surface area contributed by atoms with Crippen LogP contribution in [0, 0.1) is 0 Å². The molecule has 1 amide bonds. The number of hydrogen-bond donors (Lipinski definition) is 2. The van der Waals surface area contributed by atoms with Crippen molar-refractivity contribution in [2.75, 3.05) is 5.32 Å². The van der Waals surface area contributed by atoms with Gasteiger partial charge in [-0.25, -0.2) is 9.59 Å². The fourth-order valence-corrected chi connectivity index (χ4v) is 2.49. The second-order valence-electron chi connectivity index (χ2n) is 5.13. The van der Waals surface area contributed by atoms with E-state index >= 15 is 0 Å². The average molecular weight is 322 g/mol. The number of nitrogens with one attached hydrogen (secondary N) is 2. The van der Waals surface area contributed by atoms with E-state index in [1.165, 1.54) is 6.07 Å². The number of fused-ring (bicyclic) bond motifs is 2. The standard InChI is InChI=1S/C17H10N2O5/c20-15(10-8-9-4-1-2-6-12(9)23-16(10)21)18-11-5-3-7-13-14(11)19-17(22)24-13/h1-8H,(H,18,20)(H,19,22). The van der Waals surface area contributed by atoms with Gasteiger partial charge in [-0.3, -0.25) is 9.78 Å². The minimum Gasteiger partial charge on any atom is -0.422 e. The molecule has 0 saturated carbocycles. The molecule has 0 aliphatic rings. The van der Waals surface area contributed by atoms with Crippen LogP contribution in [0.2, 0.25) is 0 Å². The van der Waals surface area contributed by atoms with Gasteiger partial charge in [0.25, 0.3) is 5.91 Å². The molecule has 0 bridgehead atoms. The van der Waals surface area contributed by atoms with Crippen molar-refractivity contribution < 1.29 is 13.6 Å². The number of carbonyl (C=O) groups is 1. The van der Waals surface area contributed by atoms with Crippen molar-refractivity contribution in [1.82, 2.24) is 4.98 Å². The van der Waals surface area contributed by atoms with Gasteiger partial charge in [-0.1, -0.05) is 24.3 Å². The number of benzene rings is 2. The Kier molecular flexibility index (Phi) is 3.06. The van der Waals surface area contributed by atoms with Gasteiger partial charge in [-0.2, -0.15) is 0 Å². The van der Waals surface area contributed by atoms with Crippen molar-refractivity contribution in [3.63, 3.8) is 0 Å². The van der Waals surface area contributed by atoms with Crippen LogP contribution < -0.4 is 16.7 Å². The molecule has 24 heavy (non-hydrogen) atoms. The highest BCUT2D eigenvalue weighted by Gasteiger charge is 2.16. The first kappa shape index (κ1) is 14.0. The van der Waals surface area contributed by atoms with E-state index in [9.17, 15) is 14.4 Å². The molecule has 2 aromatic heterocycles. The van der Waals surface area contributed by atoms with Crippen LogP contribution in [0.15, 0.2) is 67.0 Å². The molecule has 0 fully saturated rings. The largest absolute Gasteiger partial charge is 0.422 e. The molecule has 7 heteroatoms. The van der Waals surface area contributed by atoms with E-state index in [4.69, 9.17) is 8.83 Å². The van der Waals surface area contributed by atoms with Gasteiger partial charge in [0.2, 0.25) is 0 Å². The molecular formula is C17H10N2O5. The van der Waals surface area contributed by atoms with Crippen LogP contribution in [-0.4, -0.2) is 10.9 Å². The number of para-hydroxylation sites is 2. The number of oxazole rings is 1. The normalized spacial score (nSPS) is 11.0. The van der Waals surface area contributed by atoms with Crippen LogP contribution >= 0.6 is 0 Å². The zero-order chi connectivity index (χ0) is 16.7. The van der Waals surface area contributed by atoms with Crippen molar-refractivity contribution >= 4 is 33.7 Å². The van der Waals surface area contributed by atoms with Crippen LogP contribution in [0.1, 0.15) is 10.4 Å². The van der Waals surface area contributed by atoms with Gasteiger partial charge in [0.15, 0.2) is 5.58 Å². The van der Waals surface area contributed by atoms with E-state index < -0.39 is 17.3 Å². The molecule has 4 aromatic rings. The molecule has 0 saturated heterocycles. The number of H-pyrrole nitrogens is 1. The van der Waals surface area contributed by atoms with E-state index in [2.05, 4.69) is 10.3 Å². The predicted octanol–water partition coefficient (Wildman–Crippen LogP) is 2.48.